The number of hydrogen-bond acceptors (Lipinski definition) is 5. The van der Waals surface area contributed by atoms with Gasteiger partial charge in [-0.3, -0.25) is 0 Å². The minimum Gasteiger partial charge on any atom is -0.391 e. The van der Waals surface area contributed by atoms with Gasteiger partial charge in [-0.2, -0.15) is 0 Å². The Kier molecular flexibility index (Phi) is 5.25. The van der Waals surface area contributed by atoms with Crippen molar-refractivity contribution in [3.8, 4) is 0 Å². The van der Waals surface area contributed by atoms with Crippen LogP contribution in [0.3, 0.4) is 0 Å². The van der Waals surface area contributed by atoms with Crippen LogP contribution in [-0.4, -0.2) is 24.0 Å². The summed E-state index contributed by atoms with van der Waals surface area (Å²) in [5.41, 5.74) is 10.7. The quantitative estimate of drug-likeness (QED) is 0.459. The summed E-state index contributed by atoms with van der Waals surface area (Å²) in [4.78, 5) is 22.0. The van der Waals surface area contributed by atoms with Gasteiger partial charge in [0.1, 0.15) is 12.1 Å². The summed E-state index contributed by atoms with van der Waals surface area (Å²) in [6.45, 7) is 3.46. The Morgan fingerprint density at radius 2 is 1.38 bits per heavy atom. The van der Waals surface area contributed by atoms with E-state index in [-0.39, 0.29) is 0 Å². The van der Waals surface area contributed by atoms with Gasteiger partial charge in [0.05, 0.1) is 0 Å². The maximum atomic E-state index is 11.0. The van der Waals surface area contributed by atoms with Crippen LogP contribution in [0.15, 0.2) is 0 Å². The predicted octanol–water partition coefficient (Wildman–Crippen LogP) is -0.469. The van der Waals surface area contributed by atoms with E-state index in [0.29, 0.717) is 12.8 Å². The first kappa shape index (κ1) is 12.1. The van der Waals surface area contributed by atoms with Gasteiger partial charge in [-0.05, 0) is 12.8 Å². The van der Waals surface area contributed by atoms with Crippen LogP contribution in [-0.2, 0) is 14.3 Å². The summed E-state index contributed by atoms with van der Waals surface area (Å²) in [7, 11) is 0. The van der Waals surface area contributed by atoms with Crippen LogP contribution in [0.5, 0.6) is 0 Å². The Labute approximate surface area is 77.4 Å². The summed E-state index contributed by atoms with van der Waals surface area (Å²) >= 11 is 0. The molecule has 0 heterocycles. The molecule has 0 aromatic heterocycles. The molecule has 76 valence electrons. The lowest BCUT2D eigenvalue weighted by atomic mass is 10.2. The number of rotatable bonds is 4. The lowest BCUT2D eigenvalue weighted by Crippen LogP contribution is -2.38. The van der Waals surface area contributed by atoms with Crippen LogP contribution in [0.25, 0.3) is 0 Å². The van der Waals surface area contributed by atoms with Crippen LogP contribution in [0.4, 0.5) is 0 Å². The van der Waals surface area contributed by atoms with Gasteiger partial charge in [-0.1, -0.05) is 13.8 Å². The first-order valence-corrected chi connectivity index (χ1v) is 4.29. The molecule has 4 N–H and O–H groups in total. The molecule has 0 rings (SSSR count). The SMILES string of the molecule is CCC(N)C(=O)OC(=O)C(N)CC. The highest BCUT2D eigenvalue weighted by Gasteiger charge is 2.20. The molecule has 5 heteroatoms. The Hall–Kier alpha value is -0.940. The Morgan fingerprint density at radius 1 is 1.08 bits per heavy atom. The van der Waals surface area contributed by atoms with E-state index in [2.05, 4.69) is 4.74 Å². The van der Waals surface area contributed by atoms with Gasteiger partial charge in [-0.15, -0.1) is 0 Å². The van der Waals surface area contributed by atoms with Crippen molar-refractivity contribution in [1.82, 2.24) is 0 Å². The van der Waals surface area contributed by atoms with E-state index < -0.39 is 24.0 Å². The van der Waals surface area contributed by atoms with Gasteiger partial charge in [-0.25, -0.2) is 9.59 Å². The van der Waals surface area contributed by atoms with Crippen molar-refractivity contribution in [3.63, 3.8) is 0 Å². The molecule has 5 nitrogen and oxygen atoms in total. The van der Waals surface area contributed by atoms with Gasteiger partial charge >= 0.3 is 11.9 Å². The third kappa shape index (κ3) is 4.00. The second kappa shape index (κ2) is 5.66. The highest BCUT2D eigenvalue weighted by atomic mass is 16.6. The van der Waals surface area contributed by atoms with Crippen LogP contribution >= 0.6 is 0 Å². The molecule has 0 spiro atoms. The molecule has 0 radical (unpaired) electrons. The van der Waals surface area contributed by atoms with Crippen molar-refractivity contribution < 1.29 is 14.3 Å². The summed E-state index contributed by atoms with van der Waals surface area (Å²) in [6.07, 6.45) is 0.876. The highest BCUT2D eigenvalue weighted by molar-refractivity contribution is 5.90. The molecular formula is C8H16N2O3. The van der Waals surface area contributed by atoms with Crippen molar-refractivity contribution in [3.05, 3.63) is 0 Å². The molecule has 0 saturated carbocycles. The molecule has 0 aliphatic rings. The van der Waals surface area contributed by atoms with Crippen LogP contribution in [0.1, 0.15) is 26.7 Å². The van der Waals surface area contributed by atoms with Gasteiger partial charge in [0.25, 0.3) is 0 Å². The van der Waals surface area contributed by atoms with Crippen molar-refractivity contribution in [2.45, 2.75) is 38.8 Å². The molecule has 0 bridgehead atoms. The second-order valence-electron chi connectivity index (χ2n) is 2.77. The van der Waals surface area contributed by atoms with E-state index in [1.54, 1.807) is 13.8 Å². The Balaban J connectivity index is 3.99. The van der Waals surface area contributed by atoms with Gasteiger partial charge in [0.15, 0.2) is 0 Å². The normalized spacial score (nSPS) is 14.8. The van der Waals surface area contributed by atoms with Gasteiger partial charge in [0.2, 0.25) is 0 Å². The zero-order chi connectivity index (χ0) is 10.4. The number of nitrogens with two attached hydrogens (primary N) is 2. The fraction of sp³-hybridized carbons (Fsp3) is 0.750. The summed E-state index contributed by atoms with van der Waals surface area (Å²) in [5.74, 6) is -1.42. The van der Waals surface area contributed by atoms with E-state index in [1.807, 2.05) is 0 Å². The summed E-state index contributed by atoms with van der Waals surface area (Å²) < 4.78 is 4.43. The van der Waals surface area contributed by atoms with E-state index in [9.17, 15) is 9.59 Å². The highest BCUT2D eigenvalue weighted by Crippen LogP contribution is 1.95. The first-order valence-electron chi connectivity index (χ1n) is 4.29. The number of esters is 2. The number of carbonyl (C=O) groups excluding carboxylic acids is 2. The fourth-order valence-electron chi connectivity index (χ4n) is 0.584. The van der Waals surface area contributed by atoms with Gasteiger partial charge in [0, 0.05) is 0 Å². The minimum absolute atomic E-state index is 0.438. The lowest BCUT2D eigenvalue weighted by molar-refractivity contribution is -0.161. The maximum absolute atomic E-state index is 11.0. The van der Waals surface area contributed by atoms with Crippen molar-refractivity contribution in [2.75, 3.05) is 0 Å². The molecule has 13 heavy (non-hydrogen) atoms. The molecular weight excluding hydrogens is 172 g/mol. The molecule has 0 fully saturated rings. The van der Waals surface area contributed by atoms with Crippen LogP contribution in [0, 0.1) is 0 Å². The lowest BCUT2D eigenvalue weighted by Gasteiger charge is -2.10. The molecule has 0 aromatic rings. The Morgan fingerprint density at radius 3 is 1.62 bits per heavy atom. The van der Waals surface area contributed by atoms with Gasteiger partial charge < -0.3 is 16.2 Å². The summed E-state index contributed by atoms with van der Waals surface area (Å²) in [5, 5.41) is 0. The van der Waals surface area contributed by atoms with Crippen LogP contribution < -0.4 is 11.5 Å². The average molecular weight is 188 g/mol. The van der Waals surface area contributed by atoms with E-state index in [1.165, 1.54) is 0 Å². The smallest absolute Gasteiger partial charge is 0.330 e. The third-order valence-corrected chi connectivity index (χ3v) is 1.69. The first-order chi connectivity index (χ1) is 6.02. The van der Waals surface area contributed by atoms with Crippen molar-refractivity contribution in [1.29, 1.82) is 0 Å². The Bertz CT molecular complexity index is 174. The number of ether oxygens (including phenoxy) is 1. The third-order valence-electron chi connectivity index (χ3n) is 1.69. The monoisotopic (exact) mass is 188 g/mol. The minimum atomic E-state index is -0.743. The topological polar surface area (TPSA) is 95.4 Å². The van der Waals surface area contributed by atoms with E-state index >= 15 is 0 Å². The maximum Gasteiger partial charge on any atom is 0.330 e. The predicted molar refractivity (Wildman–Crippen MR) is 47.6 cm³/mol. The average Bonchev–Trinajstić information content (AvgIpc) is 2.14. The number of hydrogen-bond donors (Lipinski definition) is 2. The van der Waals surface area contributed by atoms with Crippen molar-refractivity contribution >= 4 is 11.9 Å². The molecule has 0 aromatic carbocycles. The number of carbonyl (C=O) groups is 2. The van der Waals surface area contributed by atoms with Crippen molar-refractivity contribution in [2.24, 2.45) is 11.5 Å². The molecule has 2 unspecified atom stereocenters. The van der Waals surface area contributed by atoms with Crippen LogP contribution in [0.2, 0.25) is 0 Å². The fourth-order valence-corrected chi connectivity index (χ4v) is 0.584. The molecule has 0 saturated heterocycles. The molecule has 0 aliphatic carbocycles. The largest absolute Gasteiger partial charge is 0.391 e. The zero-order valence-corrected chi connectivity index (χ0v) is 7.95. The molecule has 0 aliphatic heterocycles. The second-order valence-corrected chi connectivity index (χ2v) is 2.77. The molecule has 2 atom stereocenters. The van der Waals surface area contributed by atoms with E-state index in [0.717, 1.165) is 0 Å². The summed E-state index contributed by atoms with van der Waals surface area (Å²) in [6, 6.07) is -1.49. The standard InChI is InChI=1S/C8H16N2O3/c1-3-5(9)7(11)13-8(12)6(10)4-2/h5-6H,3-4,9-10H2,1-2H3. The zero-order valence-electron chi connectivity index (χ0n) is 7.95. The molecule has 0 amide bonds. The van der Waals surface area contributed by atoms with E-state index in [4.69, 9.17) is 11.5 Å².